The molecule has 3 atom stereocenters. The first-order chi connectivity index (χ1) is 24.4. The first-order valence-electron chi connectivity index (χ1n) is 18.0. The smallest absolute Gasteiger partial charge is 0.335 e. The van der Waals surface area contributed by atoms with Crippen LogP contribution >= 0.6 is 0 Å². The summed E-state index contributed by atoms with van der Waals surface area (Å²) < 4.78 is 17.2. The van der Waals surface area contributed by atoms with Gasteiger partial charge in [0.25, 0.3) is 0 Å². The van der Waals surface area contributed by atoms with Gasteiger partial charge in [0.05, 0.1) is 12.6 Å². The van der Waals surface area contributed by atoms with Gasteiger partial charge in [-0.1, -0.05) is 116 Å². The van der Waals surface area contributed by atoms with E-state index in [1.165, 1.54) is 44.5 Å². The van der Waals surface area contributed by atoms with Crippen LogP contribution in [-0.4, -0.2) is 50.4 Å². The van der Waals surface area contributed by atoms with Gasteiger partial charge in [-0.25, -0.2) is 4.79 Å². The minimum Gasteiger partial charge on any atom is -0.492 e. The van der Waals surface area contributed by atoms with Gasteiger partial charge in [-0.2, -0.15) is 0 Å². The lowest BCUT2D eigenvalue weighted by atomic mass is 9.87. The Balaban J connectivity index is 1.23. The molecular formula is C45H49NO4. The predicted octanol–water partition coefficient (Wildman–Crippen LogP) is 9.21. The van der Waals surface area contributed by atoms with Crippen LogP contribution in [0.2, 0.25) is 0 Å². The molecule has 50 heavy (non-hydrogen) atoms. The molecule has 6 rings (SSSR count). The Morgan fingerprint density at radius 1 is 0.740 bits per heavy atom. The number of benzene rings is 5. The van der Waals surface area contributed by atoms with Crippen molar-refractivity contribution in [2.75, 3.05) is 33.4 Å². The van der Waals surface area contributed by atoms with Crippen molar-refractivity contribution in [3.8, 4) is 16.9 Å². The summed E-state index contributed by atoms with van der Waals surface area (Å²) in [6.45, 7) is 8.09. The Labute approximate surface area is 297 Å². The third-order valence-electron chi connectivity index (χ3n) is 9.89. The largest absolute Gasteiger partial charge is 0.492 e. The number of fused-ring (bicyclic) bond motifs is 2. The average molecular weight is 668 g/mol. The van der Waals surface area contributed by atoms with Gasteiger partial charge in [0, 0.05) is 25.5 Å². The Hall–Kier alpha value is -4.71. The van der Waals surface area contributed by atoms with E-state index in [1.54, 1.807) is 0 Å². The zero-order chi connectivity index (χ0) is 34.9. The maximum absolute atomic E-state index is 12.3. The zero-order valence-electron chi connectivity index (χ0n) is 29.8. The SMILES string of the molecule is CCOC(=O)C(Cc1ccc(OCCN(C)C2c3ccc(-c4ccccc4)cc3CCc3ccc(C(C)c4ccccc4)cc32)cc1)OCC. The van der Waals surface area contributed by atoms with E-state index in [2.05, 4.69) is 116 Å². The summed E-state index contributed by atoms with van der Waals surface area (Å²) in [6, 6.07) is 43.7. The second-order valence-corrected chi connectivity index (χ2v) is 13.1. The molecule has 0 heterocycles. The fraction of sp³-hybridized carbons (Fsp3) is 0.311. The molecule has 5 aromatic rings. The number of nitrogens with zero attached hydrogens (tertiary/aromatic N) is 1. The van der Waals surface area contributed by atoms with Gasteiger partial charge in [-0.05, 0) is 95.9 Å². The lowest BCUT2D eigenvalue weighted by Gasteiger charge is -2.31. The van der Waals surface area contributed by atoms with E-state index in [1.807, 2.05) is 38.1 Å². The molecule has 258 valence electrons. The van der Waals surface area contributed by atoms with Gasteiger partial charge < -0.3 is 14.2 Å². The summed E-state index contributed by atoms with van der Waals surface area (Å²) in [7, 11) is 2.22. The minimum absolute atomic E-state index is 0.0969. The molecule has 5 aromatic carbocycles. The summed E-state index contributed by atoms with van der Waals surface area (Å²) in [4.78, 5) is 14.8. The molecule has 1 aliphatic carbocycles. The molecule has 0 bridgehead atoms. The number of aryl methyl sites for hydroxylation is 2. The van der Waals surface area contributed by atoms with Crippen molar-refractivity contribution < 1.29 is 19.0 Å². The fourth-order valence-electron chi connectivity index (χ4n) is 7.13. The van der Waals surface area contributed by atoms with E-state index >= 15 is 0 Å². The average Bonchev–Trinajstić information content (AvgIpc) is 3.32. The number of likely N-dealkylation sites (N-methyl/N-ethyl adjacent to an activating group) is 1. The number of hydrogen-bond donors (Lipinski definition) is 0. The van der Waals surface area contributed by atoms with E-state index in [0.717, 1.165) is 30.7 Å². The van der Waals surface area contributed by atoms with Crippen molar-refractivity contribution in [2.24, 2.45) is 0 Å². The molecular weight excluding hydrogens is 618 g/mol. The highest BCUT2D eigenvalue weighted by Crippen LogP contribution is 2.40. The molecule has 0 saturated carbocycles. The second kappa shape index (κ2) is 16.8. The number of rotatable bonds is 14. The number of esters is 1. The van der Waals surface area contributed by atoms with E-state index in [9.17, 15) is 4.79 Å². The van der Waals surface area contributed by atoms with Crippen molar-refractivity contribution in [3.05, 3.63) is 160 Å². The molecule has 0 radical (unpaired) electrons. The van der Waals surface area contributed by atoms with Crippen molar-refractivity contribution >= 4 is 5.97 Å². The van der Waals surface area contributed by atoms with Crippen LogP contribution in [-0.2, 0) is 33.5 Å². The van der Waals surface area contributed by atoms with Crippen LogP contribution in [0, 0.1) is 0 Å². The summed E-state index contributed by atoms with van der Waals surface area (Å²) in [5.74, 6) is 0.778. The van der Waals surface area contributed by atoms with Crippen LogP contribution in [0.4, 0.5) is 0 Å². The number of hydrogen-bond acceptors (Lipinski definition) is 5. The zero-order valence-corrected chi connectivity index (χ0v) is 29.8. The van der Waals surface area contributed by atoms with Crippen LogP contribution in [0.15, 0.2) is 121 Å². The topological polar surface area (TPSA) is 48.0 Å². The van der Waals surface area contributed by atoms with Crippen LogP contribution < -0.4 is 4.74 Å². The first kappa shape index (κ1) is 35.1. The Kier molecular flexibility index (Phi) is 11.8. The van der Waals surface area contributed by atoms with Crippen LogP contribution in [0.3, 0.4) is 0 Å². The molecule has 0 aromatic heterocycles. The molecule has 0 saturated heterocycles. The van der Waals surface area contributed by atoms with E-state index in [-0.39, 0.29) is 12.0 Å². The first-order valence-corrected chi connectivity index (χ1v) is 18.0. The number of carbonyl (C=O) groups is 1. The molecule has 0 spiro atoms. The molecule has 0 amide bonds. The summed E-state index contributed by atoms with van der Waals surface area (Å²) >= 11 is 0. The third kappa shape index (κ3) is 8.35. The van der Waals surface area contributed by atoms with Gasteiger partial charge >= 0.3 is 5.97 Å². The second-order valence-electron chi connectivity index (χ2n) is 13.1. The van der Waals surface area contributed by atoms with Crippen molar-refractivity contribution in [1.82, 2.24) is 4.90 Å². The summed E-state index contributed by atoms with van der Waals surface area (Å²) in [5.41, 5.74) is 11.7. The monoisotopic (exact) mass is 667 g/mol. The van der Waals surface area contributed by atoms with Crippen LogP contribution in [0.1, 0.15) is 71.7 Å². The van der Waals surface area contributed by atoms with Gasteiger partial charge in [0.15, 0.2) is 6.10 Å². The maximum atomic E-state index is 12.3. The number of carbonyl (C=O) groups excluding carboxylic acids is 1. The standard InChI is InChI=1S/C45H49NO4/c1-5-48-43(45(47)49-6-2)29-33-17-24-40(25-18-33)50-28-27-46(4)44-41-26-23-38(35-15-11-8-12-16-35)30-39(41)22-20-36-19-21-37(31-42(36)44)32(3)34-13-9-7-10-14-34/h7-19,21,23-26,30-32,43-44H,5-6,20,22,27-29H2,1-4H3. The minimum atomic E-state index is -0.606. The maximum Gasteiger partial charge on any atom is 0.335 e. The van der Waals surface area contributed by atoms with E-state index in [0.29, 0.717) is 32.2 Å². The number of ether oxygens (including phenoxy) is 3. The Bertz CT molecular complexity index is 1840. The summed E-state index contributed by atoms with van der Waals surface area (Å²) in [6.07, 6.45) is 1.87. The third-order valence-corrected chi connectivity index (χ3v) is 9.89. The predicted molar refractivity (Wildman–Crippen MR) is 202 cm³/mol. The molecule has 5 heteroatoms. The van der Waals surface area contributed by atoms with Crippen molar-refractivity contribution in [2.45, 2.75) is 58.1 Å². The van der Waals surface area contributed by atoms with Crippen LogP contribution in [0.5, 0.6) is 5.75 Å². The quantitative estimate of drug-likeness (QED) is 0.111. The van der Waals surface area contributed by atoms with E-state index < -0.39 is 6.10 Å². The van der Waals surface area contributed by atoms with Gasteiger partial charge in [0.1, 0.15) is 12.4 Å². The van der Waals surface area contributed by atoms with E-state index in [4.69, 9.17) is 14.2 Å². The molecule has 1 aliphatic rings. The highest BCUT2D eigenvalue weighted by atomic mass is 16.6. The van der Waals surface area contributed by atoms with Crippen molar-refractivity contribution in [1.29, 1.82) is 0 Å². The van der Waals surface area contributed by atoms with Crippen molar-refractivity contribution in [3.63, 3.8) is 0 Å². The molecule has 5 nitrogen and oxygen atoms in total. The lowest BCUT2D eigenvalue weighted by molar-refractivity contribution is -0.156. The lowest BCUT2D eigenvalue weighted by Crippen LogP contribution is -2.30. The molecule has 0 N–H and O–H groups in total. The van der Waals surface area contributed by atoms with Crippen LogP contribution in [0.25, 0.3) is 11.1 Å². The van der Waals surface area contributed by atoms with Gasteiger partial charge in [-0.3, -0.25) is 4.90 Å². The highest BCUT2D eigenvalue weighted by molar-refractivity contribution is 5.75. The Morgan fingerprint density at radius 2 is 1.46 bits per heavy atom. The highest BCUT2D eigenvalue weighted by Gasteiger charge is 2.28. The normalized spacial score (nSPS) is 15.0. The van der Waals surface area contributed by atoms with Gasteiger partial charge in [0.2, 0.25) is 0 Å². The summed E-state index contributed by atoms with van der Waals surface area (Å²) in [5, 5.41) is 0. The molecule has 0 fully saturated rings. The fourth-order valence-corrected chi connectivity index (χ4v) is 7.13. The molecule has 0 aliphatic heterocycles. The van der Waals surface area contributed by atoms with Gasteiger partial charge in [-0.15, -0.1) is 0 Å². The Morgan fingerprint density at radius 3 is 2.18 bits per heavy atom. The molecule has 3 unspecified atom stereocenters.